The smallest absolute Gasteiger partial charge is 0.118 e. The first-order chi connectivity index (χ1) is 9.74. The normalized spacial score (nSPS) is 10.8. The number of nitrogens with zero attached hydrogens (tertiary/aromatic N) is 2. The molecule has 4 heteroatoms. The van der Waals surface area contributed by atoms with Gasteiger partial charge < -0.3 is 14.6 Å². The summed E-state index contributed by atoms with van der Waals surface area (Å²) in [6.07, 6.45) is 2.96. The molecule has 0 fully saturated rings. The Hall–Kier alpha value is -1.81. The van der Waals surface area contributed by atoms with Crippen LogP contribution in [0.2, 0.25) is 0 Å². The van der Waals surface area contributed by atoms with Crippen molar-refractivity contribution in [1.82, 2.24) is 14.9 Å². The number of hydrogen-bond donors (Lipinski definition) is 1. The predicted molar refractivity (Wildman–Crippen MR) is 81.0 cm³/mol. The van der Waals surface area contributed by atoms with Crippen molar-refractivity contribution in [3.63, 3.8) is 0 Å². The highest BCUT2D eigenvalue weighted by Crippen LogP contribution is 2.13. The molecule has 1 N–H and O–H groups in total. The fraction of sp³-hybridized carbons (Fsp3) is 0.438. The molecule has 0 aliphatic rings. The van der Waals surface area contributed by atoms with E-state index >= 15 is 0 Å². The van der Waals surface area contributed by atoms with Gasteiger partial charge in [0.15, 0.2) is 0 Å². The van der Waals surface area contributed by atoms with Gasteiger partial charge in [-0.05, 0) is 37.6 Å². The van der Waals surface area contributed by atoms with E-state index < -0.39 is 0 Å². The quantitative estimate of drug-likeness (QED) is 0.842. The molecule has 2 rings (SSSR count). The van der Waals surface area contributed by atoms with E-state index in [0.29, 0.717) is 0 Å². The van der Waals surface area contributed by atoms with Gasteiger partial charge in [0, 0.05) is 19.3 Å². The van der Waals surface area contributed by atoms with E-state index in [1.54, 1.807) is 7.11 Å². The minimum absolute atomic E-state index is 0.875. The maximum atomic E-state index is 5.18. The van der Waals surface area contributed by atoms with Crippen LogP contribution in [0.15, 0.2) is 30.5 Å². The Morgan fingerprint density at radius 1 is 1.25 bits per heavy atom. The fourth-order valence-electron chi connectivity index (χ4n) is 2.25. The number of aryl methyl sites for hydroxylation is 2. The number of ether oxygens (including phenoxy) is 1. The van der Waals surface area contributed by atoms with Crippen molar-refractivity contribution in [3.05, 3.63) is 47.5 Å². The van der Waals surface area contributed by atoms with Gasteiger partial charge in [-0.15, -0.1) is 0 Å². The highest BCUT2D eigenvalue weighted by Gasteiger charge is 2.06. The number of nitrogens with one attached hydrogen (secondary N) is 1. The average Bonchev–Trinajstić information content (AvgIpc) is 2.84. The molecule has 1 aromatic carbocycles. The molecule has 108 valence electrons. The molecule has 0 spiro atoms. The monoisotopic (exact) mass is 273 g/mol. The Balaban J connectivity index is 2.00. The van der Waals surface area contributed by atoms with Crippen LogP contribution in [0.4, 0.5) is 0 Å². The second kappa shape index (κ2) is 7.10. The second-order valence-electron chi connectivity index (χ2n) is 4.83. The molecular weight excluding hydrogens is 250 g/mol. The van der Waals surface area contributed by atoms with Crippen molar-refractivity contribution in [2.75, 3.05) is 13.7 Å². The van der Waals surface area contributed by atoms with Crippen LogP contribution in [0.25, 0.3) is 0 Å². The van der Waals surface area contributed by atoms with Gasteiger partial charge in [-0.25, -0.2) is 4.98 Å². The van der Waals surface area contributed by atoms with Crippen LogP contribution in [-0.2, 0) is 19.5 Å². The third kappa shape index (κ3) is 3.61. The van der Waals surface area contributed by atoms with E-state index in [9.17, 15) is 0 Å². The van der Waals surface area contributed by atoms with Crippen LogP contribution in [0.1, 0.15) is 24.0 Å². The third-order valence-electron chi connectivity index (χ3n) is 3.48. The van der Waals surface area contributed by atoms with Crippen molar-refractivity contribution in [3.8, 4) is 5.75 Å². The van der Waals surface area contributed by atoms with Gasteiger partial charge >= 0.3 is 0 Å². The molecule has 1 heterocycles. The second-order valence-corrected chi connectivity index (χ2v) is 4.83. The number of methoxy groups -OCH3 is 1. The zero-order valence-electron chi connectivity index (χ0n) is 12.5. The van der Waals surface area contributed by atoms with Crippen molar-refractivity contribution in [2.45, 2.75) is 33.4 Å². The lowest BCUT2D eigenvalue weighted by molar-refractivity contribution is 0.414. The topological polar surface area (TPSA) is 39.1 Å². The van der Waals surface area contributed by atoms with Crippen molar-refractivity contribution < 1.29 is 4.74 Å². The van der Waals surface area contributed by atoms with Gasteiger partial charge in [0.2, 0.25) is 0 Å². The predicted octanol–water partition coefficient (Wildman–Crippen LogP) is 2.55. The fourth-order valence-corrected chi connectivity index (χ4v) is 2.25. The summed E-state index contributed by atoms with van der Waals surface area (Å²) < 4.78 is 7.46. The van der Waals surface area contributed by atoms with Crippen LogP contribution in [-0.4, -0.2) is 23.2 Å². The summed E-state index contributed by atoms with van der Waals surface area (Å²) in [5.74, 6) is 1.98. The SMILES string of the molecule is CCNCc1cnc(C)n1CCc1ccc(OC)cc1. The van der Waals surface area contributed by atoms with Crippen molar-refractivity contribution in [1.29, 1.82) is 0 Å². The van der Waals surface area contributed by atoms with Gasteiger partial charge in [0.25, 0.3) is 0 Å². The van der Waals surface area contributed by atoms with Gasteiger partial charge in [-0.3, -0.25) is 0 Å². The minimum Gasteiger partial charge on any atom is -0.497 e. The molecular formula is C16H23N3O. The molecule has 4 nitrogen and oxygen atoms in total. The maximum absolute atomic E-state index is 5.18. The summed E-state index contributed by atoms with van der Waals surface area (Å²) in [6.45, 7) is 6.98. The van der Waals surface area contributed by atoms with Crippen molar-refractivity contribution in [2.24, 2.45) is 0 Å². The van der Waals surface area contributed by atoms with Crippen LogP contribution < -0.4 is 10.1 Å². The van der Waals surface area contributed by atoms with Crippen LogP contribution in [0.5, 0.6) is 5.75 Å². The molecule has 0 aliphatic carbocycles. The molecule has 0 amide bonds. The molecule has 0 aliphatic heterocycles. The Morgan fingerprint density at radius 2 is 2.00 bits per heavy atom. The van der Waals surface area contributed by atoms with Crippen LogP contribution >= 0.6 is 0 Å². The lowest BCUT2D eigenvalue weighted by Crippen LogP contribution is -2.16. The molecule has 0 saturated heterocycles. The van der Waals surface area contributed by atoms with Gasteiger partial charge in [0.05, 0.1) is 12.8 Å². The highest BCUT2D eigenvalue weighted by atomic mass is 16.5. The van der Waals surface area contributed by atoms with E-state index in [1.165, 1.54) is 11.3 Å². The molecule has 20 heavy (non-hydrogen) atoms. The highest BCUT2D eigenvalue weighted by molar-refractivity contribution is 5.27. The van der Waals surface area contributed by atoms with E-state index in [-0.39, 0.29) is 0 Å². The lowest BCUT2D eigenvalue weighted by Gasteiger charge is -2.11. The molecule has 2 aromatic rings. The van der Waals surface area contributed by atoms with E-state index in [2.05, 4.69) is 40.8 Å². The maximum Gasteiger partial charge on any atom is 0.118 e. The first-order valence-electron chi connectivity index (χ1n) is 7.09. The number of hydrogen-bond acceptors (Lipinski definition) is 3. The van der Waals surface area contributed by atoms with Gasteiger partial charge in [-0.2, -0.15) is 0 Å². The molecule has 0 atom stereocenters. The molecule has 0 saturated carbocycles. The number of benzene rings is 1. The first-order valence-corrected chi connectivity index (χ1v) is 7.09. The molecule has 1 aromatic heterocycles. The van der Waals surface area contributed by atoms with Crippen molar-refractivity contribution >= 4 is 0 Å². The van der Waals surface area contributed by atoms with Gasteiger partial charge in [0.1, 0.15) is 11.6 Å². The Bertz CT molecular complexity index is 531. The summed E-state index contributed by atoms with van der Waals surface area (Å²) in [4.78, 5) is 4.41. The van der Waals surface area contributed by atoms with E-state index in [0.717, 1.165) is 37.6 Å². The zero-order valence-corrected chi connectivity index (χ0v) is 12.5. The van der Waals surface area contributed by atoms with E-state index in [1.807, 2.05) is 18.3 Å². The summed E-state index contributed by atoms with van der Waals surface area (Å²) in [5, 5.41) is 3.35. The minimum atomic E-state index is 0.875. The van der Waals surface area contributed by atoms with Crippen LogP contribution in [0.3, 0.4) is 0 Å². The number of rotatable bonds is 7. The standard InChI is InChI=1S/C16H23N3O/c1-4-17-11-15-12-18-13(2)19(15)10-9-14-5-7-16(20-3)8-6-14/h5-8,12,17H,4,9-11H2,1-3H3. The molecule has 0 unspecified atom stereocenters. The number of imidazole rings is 1. The summed E-state index contributed by atoms with van der Waals surface area (Å²) in [6, 6.07) is 8.26. The lowest BCUT2D eigenvalue weighted by atomic mass is 10.1. The molecule has 0 bridgehead atoms. The summed E-state index contributed by atoms with van der Waals surface area (Å²) in [7, 11) is 1.69. The average molecular weight is 273 g/mol. The largest absolute Gasteiger partial charge is 0.497 e. The summed E-state index contributed by atoms with van der Waals surface area (Å²) in [5.41, 5.74) is 2.56. The third-order valence-corrected chi connectivity index (χ3v) is 3.48. The Morgan fingerprint density at radius 3 is 2.65 bits per heavy atom. The first kappa shape index (κ1) is 14.6. The number of aromatic nitrogens is 2. The Kier molecular flexibility index (Phi) is 5.18. The summed E-state index contributed by atoms with van der Waals surface area (Å²) >= 11 is 0. The van der Waals surface area contributed by atoms with Gasteiger partial charge in [-0.1, -0.05) is 19.1 Å². The van der Waals surface area contributed by atoms with E-state index in [4.69, 9.17) is 4.74 Å². The Labute approximate surface area is 120 Å². The zero-order chi connectivity index (χ0) is 14.4. The molecule has 0 radical (unpaired) electrons. The van der Waals surface area contributed by atoms with Crippen LogP contribution in [0, 0.1) is 6.92 Å².